The van der Waals surface area contributed by atoms with Crippen LogP contribution in [0.5, 0.6) is 0 Å². The minimum absolute atomic E-state index is 0.750. The molecule has 0 aromatic carbocycles. The molecule has 0 amide bonds. The van der Waals surface area contributed by atoms with E-state index in [1.165, 1.54) is 19.5 Å². The van der Waals surface area contributed by atoms with Crippen molar-refractivity contribution in [1.82, 2.24) is 4.90 Å². The molecule has 2 rings (SSSR count). The molecule has 12 heavy (non-hydrogen) atoms. The van der Waals surface area contributed by atoms with Crippen LogP contribution in [0.2, 0.25) is 0 Å². The molecule has 0 aromatic heterocycles. The van der Waals surface area contributed by atoms with Gasteiger partial charge in [-0.1, -0.05) is 13.8 Å². The lowest BCUT2D eigenvalue weighted by Gasteiger charge is -2.44. The summed E-state index contributed by atoms with van der Waals surface area (Å²) in [6, 6.07) is 0.750. The fourth-order valence-corrected chi connectivity index (χ4v) is 2.08. The molecule has 2 heterocycles. The molecule has 2 heteroatoms. The van der Waals surface area contributed by atoms with E-state index in [0.717, 1.165) is 31.1 Å². The van der Waals surface area contributed by atoms with Gasteiger partial charge >= 0.3 is 0 Å². The van der Waals surface area contributed by atoms with E-state index in [4.69, 9.17) is 4.74 Å². The second-order valence-electron chi connectivity index (χ2n) is 4.48. The van der Waals surface area contributed by atoms with Gasteiger partial charge in [-0.05, 0) is 18.3 Å². The number of nitrogens with zero attached hydrogens (tertiary/aromatic N) is 1. The van der Waals surface area contributed by atoms with Gasteiger partial charge in [0.1, 0.15) is 0 Å². The molecule has 0 N–H and O–H groups in total. The molecule has 70 valence electrons. The Morgan fingerprint density at radius 2 is 2.08 bits per heavy atom. The predicted octanol–water partition coefficient (Wildman–Crippen LogP) is 1.36. The summed E-state index contributed by atoms with van der Waals surface area (Å²) < 4.78 is 5.37. The van der Waals surface area contributed by atoms with Crippen molar-refractivity contribution in [1.29, 1.82) is 0 Å². The maximum atomic E-state index is 5.37. The molecule has 2 saturated heterocycles. The summed E-state index contributed by atoms with van der Waals surface area (Å²) in [5, 5.41) is 0. The Labute approximate surface area is 74.9 Å². The highest BCUT2D eigenvalue weighted by Gasteiger charge is 2.35. The third-order valence-corrected chi connectivity index (χ3v) is 3.30. The van der Waals surface area contributed by atoms with E-state index < -0.39 is 0 Å². The predicted molar refractivity (Wildman–Crippen MR) is 49.1 cm³/mol. The Bertz CT molecular complexity index is 146. The highest BCUT2D eigenvalue weighted by molar-refractivity contribution is 4.88. The first-order valence-corrected chi connectivity index (χ1v) is 5.09. The highest BCUT2D eigenvalue weighted by Crippen LogP contribution is 2.27. The Balaban J connectivity index is 1.73. The molecule has 0 spiro atoms. The number of ether oxygens (including phenoxy) is 1. The SMILES string of the molecule is CC(C)C1CN(C2CCOC2)C1. The minimum atomic E-state index is 0.750. The van der Waals surface area contributed by atoms with Crippen molar-refractivity contribution in [2.75, 3.05) is 26.3 Å². The molecule has 1 unspecified atom stereocenters. The van der Waals surface area contributed by atoms with Crippen molar-refractivity contribution in [3.63, 3.8) is 0 Å². The van der Waals surface area contributed by atoms with E-state index in [-0.39, 0.29) is 0 Å². The van der Waals surface area contributed by atoms with Gasteiger partial charge in [0.2, 0.25) is 0 Å². The zero-order chi connectivity index (χ0) is 8.55. The van der Waals surface area contributed by atoms with Crippen LogP contribution in [0.3, 0.4) is 0 Å². The van der Waals surface area contributed by atoms with E-state index in [1.54, 1.807) is 0 Å². The summed E-state index contributed by atoms with van der Waals surface area (Å²) in [4.78, 5) is 2.58. The summed E-state index contributed by atoms with van der Waals surface area (Å²) in [6.07, 6.45) is 1.25. The molecular formula is C10H19NO. The maximum Gasteiger partial charge on any atom is 0.0622 e. The first-order chi connectivity index (χ1) is 5.77. The van der Waals surface area contributed by atoms with Crippen LogP contribution in [0.1, 0.15) is 20.3 Å². The quantitative estimate of drug-likeness (QED) is 0.619. The van der Waals surface area contributed by atoms with Crippen molar-refractivity contribution in [3.05, 3.63) is 0 Å². The Morgan fingerprint density at radius 1 is 1.33 bits per heavy atom. The van der Waals surface area contributed by atoms with Crippen LogP contribution < -0.4 is 0 Å². The molecule has 0 aromatic rings. The molecule has 0 bridgehead atoms. The van der Waals surface area contributed by atoms with E-state index in [2.05, 4.69) is 18.7 Å². The van der Waals surface area contributed by atoms with Gasteiger partial charge in [-0.3, -0.25) is 4.90 Å². The van der Waals surface area contributed by atoms with Crippen LogP contribution in [0.25, 0.3) is 0 Å². The van der Waals surface area contributed by atoms with Gasteiger partial charge in [0.15, 0.2) is 0 Å². The average Bonchev–Trinajstić information content (AvgIpc) is 2.34. The summed E-state index contributed by atoms with van der Waals surface area (Å²) in [5.74, 6) is 1.81. The van der Waals surface area contributed by atoms with Gasteiger partial charge in [0.05, 0.1) is 6.61 Å². The molecule has 2 aliphatic rings. The molecular weight excluding hydrogens is 150 g/mol. The monoisotopic (exact) mass is 169 g/mol. The first-order valence-electron chi connectivity index (χ1n) is 5.09. The smallest absolute Gasteiger partial charge is 0.0622 e. The number of hydrogen-bond donors (Lipinski definition) is 0. The summed E-state index contributed by atoms with van der Waals surface area (Å²) in [5.41, 5.74) is 0. The van der Waals surface area contributed by atoms with E-state index in [0.29, 0.717) is 0 Å². The van der Waals surface area contributed by atoms with Gasteiger partial charge < -0.3 is 4.74 Å². The summed E-state index contributed by atoms with van der Waals surface area (Å²) in [7, 11) is 0. The van der Waals surface area contributed by atoms with Gasteiger partial charge in [0.25, 0.3) is 0 Å². The number of hydrogen-bond acceptors (Lipinski definition) is 2. The van der Waals surface area contributed by atoms with Crippen molar-refractivity contribution in [3.8, 4) is 0 Å². The lowest BCUT2D eigenvalue weighted by molar-refractivity contribution is 0.0229. The minimum Gasteiger partial charge on any atom is -0.380 e. The molecule has 1 atom stereocenters. The fraction of sp³-hybridized carbons (Fsp3) is 1.00. The van der Waals surface area contributed by atoms with Crippen LogP contribution in [-0.2, 0) is 4.74 Å². The Morgan fingerprint density at radius 3 is 2.58 bits per heavy atom. The molecule has 0 aliphatic carbocycles. The highest BCUT2D eigenvalue weighted by atomic mass is 16.5. The molecule has 0 radical (unpaired) electrons. The first kappa shape index (κ1) is 8.52. The Hall–Kier alpha value is -0.0800. The zero-order valence-electron chi connectivity index (χ0n) is 8.12. The second kappa shape index (κ2) is 3.35. The van der Waals surface area contributed by atoms with E-state index >= 15 is 0 Å². The third-order valence-electron chi connectivity index (χ3n) is 3.30. The van der Waals surface area contributed by atoms with Crippen LogP contribution in [0.15, 0.2) is 0 Å². The van der Waals surface area contributed by atoms with E-state index in [1.807, 2.05) is 0 Å². The van der Waals surface area contributed by atoms with Crippen molar-refractivity contribution < 1.29 is 4.74 Å². The summed E-state index contributed by atoms with van der Waals surface area (Å²) >= 11 is 0. The van der Waals surface area contributed by atoms with Gasteiger partial charge in [0, 0.05) is 25.7 Å². The molecule has 2 aliphatic heterocycles. The fourth-order valence-electron chi connectivity index (χ4n) is 2.08. The molecule has 2 nitrogen and oxygen atoms in total. The van der Waals surface area contributed by atoms with Crippen LogP contribution in [0.4, 0.5) is 0 Å². The maximum absolute atomic E-state index is 5.37. The van der Waals surface area contributed by atoms with Gasteiger partial charge in [-0.25, -0.2) is 0 Å². The normalized spacial score (nSPS) is 32.8. The lowest BCUT2D eigenvalue weighted by Crippen LogP contribution is -2.53. The van der Waals surface area contributed by atoms with Crippen LogP contribution >= 0.6 is 0 Å². The van der Waals surface area contributed by atoms with Gasteiger partial charge in [-0.15, -0.1) is 0 Å². The Kier molecular flexibility index (Phi) is 2.37. The van der Waals surface area contributed by atoms with Crippen molar-refractivity contribution in [2.24, 2.45) is 11.8 Å². The average molecular weight is 169 g/mol. The lowest BCUT2D eigenvalue weighted by atomic mass is 9.87. The number of rotatable bonds is 2. The topological polar surface area (TPSA) is 12.5 Å². The van der Waals surface area contributed by atoms with Crippen LogP contribution in [0, 0.1) is 11.8 Å². The van der Waals surface area contributed by atoms with Crippen molar-refractivity contribution >= 4 is 0 Å². The molecule has 0 saturated carbocycles. The van der Waals surface area contributed by atoms with E-state index in [9.17, 15) is 0 Å². The third kappa shape index (κ3) is 1.50. The van der Waals surface area contributed by atoms with Crippen LogP contribution in [-0.4, -0.2) is 37.2 Å². The second-order valence-corrected chi connectivity index (χ2v) is 4.48. The standard InChI is InChI=1S/C10H19NO/c1-8(2)9-5-11(6-9)10-3-4-12-7-10/h8-10H,3-7H2,1-2H3. The number of likely N-dealkylation sites (tertiary alicyclic amines) is 1. The molecule has 2 fully saturated rings. The van der Waals surface area contributed by atoms with Crippen molar-refractivity contribution in [2.45, 2.75) is 26.3 Å². The van der Waals surface area contributed by atoms with Gasteiger partial charge in [-0.2, -0.15) is 0 Å². The zero-order valence-corrected chi connectivity index (χ0v) is 8.12. The summed E-state index contributed by atoms with van der Waals surface area (Å²) in [6.45, 7) is 9.23. The largest absolute Gasteiger partial charge is 0.380 e.